The Bertz CT molecular complexity index is 1690. The molecule has 0 spiro atoms. The molecule has 4 rings (SSSR count). The van der Waals surface area contributed by atoms with Crippen LogP contribution in [0.3, 0.4) is 0 Å². The molecular weight excluding hydrogens is 687 g/mol. The number of halogens is 1. The van der Waals surface area contributed by atoms with E-state index in [0.717, 1.165) is 9.13 Å². The van der Waals surface area contributed by atoms with Crippen LogP contribution in [0.15, 0.2) is 51.4 Å². The molecule has 12 heteroatoms. The maximum atomic E-state index is 14.2. The van der Waals surface area contributed by atoms with Crippen LogP contribution in [-0.2, 0) is 14.3 Å². The summed E-state index contributed by atoms with van der Waals surface area (Å²) in [5, 5.41) is 0. The van der Waals surface area contributed by atoms with Gasteiger partial charge in [-0.05, 0) is 80.1 Å². The van der Waals surface area contributed by atoms with E-state index in [1.165, 1.54) is 23.0 Å². The molecule has 0 saturated heterocycles. The van der Waals surface area contributed by atoms with Gasteiger partial charge in [-0.3, -0.25) is 9.36 Å². The largest absolute Gasteiger partial charge is 0.493 e. The van der Waals surface area contributed by atoms with Crippen molar-refractivity contribution in [2.75, 3.05) is 47.3 Å². The number of hydrogen-bond acceptors (Lipinski definition) is 10. The van der Waals surface area contributed by atoms with Gasteiger partial charge in [0.15, 0.2) is 27.8 Å². The number of rotatable bonds is 13. The smallest absolute Gasteiger partial charge is 0.338 e. The summed E-state index contributed by atoms with van der Waals surface area (Å²) in [6.45, 7) is 9.02. The number of thiazole rings is 1. The number of benzene rings is 2. The predicted molar refractivity (Wildman–Crippen MR) is 172 cm³/mol. The van der Waals surface area contributed by atoms with Gasteiger partial charge < -0.3 is 28.4 Å². The summed E-state index contributed by atoms with van der Waals surface area (Å²) >= 11 is 3.44. The molecule has 1 atom stereocenters. The zero-order valence-corrected chi connectivity index (χ0v) is 28.0. The third kappa shape index (κ3) is 6.91. The molecule has 0 unspecified atom stereocenters. The Hall–Kier alpha value is -3.36. The van der Waals surface area contributed by atoms with Gasteiger partial charge in [0.2, 0.25) is 0 Å². The number of allylic oxidation sites excluding steroid dienone is 1. The molecule has 0 amide bonds. The number of methoxy groups -OCH3 is 2. The quantitative estimate of drug-likeness (QED) is 0.147. The number of ether oxygens (including phenoxy) is 6. The van der Waals surface area contributed by atoms with Crippen LogP contribution in [0.2, 0.25) is 0 Å². The second-order valence-corrected chi connectivity index (χ2v) is 11.4. The number of esters is 1. The van der Waals surface area contributed by atoms with Crippen molar-refractivity contribution in [1.29, 1.82) is 0 Å². The number of hydrogen-bond donors (Lipinski definition) is 0. The summed E-state index contributed by atoms with van der Waals surface area (Å²) in [6.07, 6.45) is 1.80. The van der Waals surface area contributed by atoms with Gasteiger partial charge in [0, 0.05) is 12.7 Å². The van der Waals surface area contributed by atoms with E-state index in [-0.39, 0.29) is 24.3 Å². The van der Waals surface area contributed by atoms with Gasteiger partial charge in [0.1, 0.15) is 12.6 Å². The molecule has 10 nitrogen and oxygen atoms in total. The van der Waals surface area contributed by atoms with E-state index >= 15 is 0 Å². The van der Waals surface area contributed by atoms with E-state index in [1.54, 1.807) is 32.2 Å². The van der Waals surface area contributed by atoms with Crippen LogP contribution >= 0.6 is 33.9 Å². The average Bonchev–Trinajstić information content (AvgIpc) is 3.28. The summed E-state index contributed by atoms with van der Waals surface area (Å²) < 4.78 is 36.7. The van der Waals surface area contributed by atoms with Crippen molar-refractivity contribution in [3.05, 3.63) is 76.0 Å². The van der Waals surface area contributed by atoms with Crippen LogP contribution in [0.25, 0.3) is 6.08 Å². The number of carbonyl (C=O) groups excluding carboxylic acids is 1. The average molecular weight is 723 g/mol. The number of fused-ring (bicyclic) bond motifs is 1. The molecule has 2 heterocycles. The summed E-state index contributed by atoms with van der Waals surface area (Å²) in [5.41, 5.74) is 1.72. The second kappa shape index (κ2) is 14.9. The molecular formula is C31H35IN2O8S. The van der Waals surface area contributed by atoms with Crippen molar-refractivity contribution in [3.63, 3.8) is 0 Å². The lowest BCUT2D eigenvalue weighted by Gasteiger charge is -2.27. The van der Waals surface area contributed by atoms with Gasteiger partial charge in [0.25, 0.3) is 5.56 Å². The number of nitrogens with zero attached hydrogens (tertiary/aromatic N) is 2. The maximum absolute atomic E-state index is 14.2. The van der Waals surface area contributed by atoms with E-state index in [0.29, 0.717) is 63.4 Å². The molecule has 0 saturated carbocycles. The molecule has 0 bridgehead atoms. The SMILES string of the molecule is CCOc1cc(/C=c2/sc3n(c2=O)[C@H](c2cccc(OC)c2OCC)C(C(=O)OCCOC)=C(C)N=3)cc(I)c1OCC. The van der Waals surface area contributed by atoms with Crippen LogP contribution in [0.1, 0.15) is 44.9 Å². The molecule has 1 aliphatic heterocycles. The minimum Gasteiger partial charge on any atom is -0.493 e. The van der Waals surface area contributed by atoms with Crippen LogP contribution in [-0.4, -0.2) is 57.8 Å². The van der Waals surface area contributed by atoms with Crippen molar-refractivity contribution >= 4 is 46.0 Å². The highest BCUT2D eigenvalue weighted by Gasteiger charge is 2.36. The lowest BCUT2D eigenvalue weighted by Crippen LogP contribution is -2.40. The highest BCUT2D eigenvalue weighted by Crippen LogP contribution is 2.41. The molecule has 3 aromatic rings. The van der Waals surface area contributed by atoms with Crippen molar-refractivity contribution in [1.82, 2.24) is 4.57 Å². The Labute approximate surface area is 267 Å². The lowest BCUT2D eigenvalue weighted by molar-refractivity contribution is -0.140. The Balaban J connectivity index is 1.95. The molecule has 0 aliphatic carbocycles. The fourth-order valence-corrected chi connectivity index (χ4v) is 6.58. The van der Waals surface area contributed by atoms with Gasteiger partial charge in [-0.25, -0.2) is 9.79 Å². The number of aromatic nitrogens is 1. The van der Waals surface area contributed by atoms with Gasteiger partial charge in [-0.1, -0.05) is 23.5 Å². The highest BCUT2D eigenvalue weighted by atomic mass is 127. The molecule has 1 aromatic heterocycles. The standard InChI is InChI=1S/C31H35IN2O8S/c1-7-39-23-16-19(15-21(32)28(23)41-9-3)17-24-29(35)34-26(20-11-10-12-22(38-6)27(20)40-8-2)25(18(4)33-31(34)43-24)30(36)42-14-13-37-5/h10-12,15-17,26H,7-9,13-14H2,1-6H3/b24-17+/t26-/m1/s1. The van der Waals surface area contributed by atoms with Crippen LogP contribution in [0.4, 0.5) is 0 Å². The fraction of sp³-hybridized carbons (Fsp3) is 0.387. The van der Waals surface area contributed by atoms with Crippen molar-refractivity contribution in [2.45, 2.75) is 33.7 Å². The highest BCUT2D eigenvalue weighted by molar-refractivity contribution is 14.1. The molecule has 230 valence electrons. The molecule has 0 N–H and O–H groups in total. The number of carbonyl (C=O) groups is 1. The first-order chi connectivity index (χ1) is 20.8. The van der Waals surface area contributed by atoms with E-state index in [9.17, 15) is 9.59 Å². The third-order valence-corrected chi connectivity index (χ3v) is 8.28. The Morgan fingerprint density at radius 2 is 1.74 bits per heavy atom. The molecule has 0 fully saturated rings. The van der Waals surface area contributed by atoms with Crippen LogP contribution < -0.4 is 33.8 Å². The first-order valence-electron chi connectivity index (χ1n) is 13.9. The van der Waals surface area contributed by atoms with E-state index in [1.807, 2.05) is 39.0 Å². The lowest BCUT2D eigenvalue weighted by atomic mass is 9.94. The maximum Gasteiger partial charge on any atom is 0.338 e. The normalized spacial score (nSPS) is 14.7. The van der Waals surface area contributed by atoms with E-state index in [4.69, 9.17) is 28.4 Å². The van der Waals surface area contributed by atoms with Gasteiger partial charge in [0.05, 0.1) is 52.9 Å². The Morgan fingerprint density at radius 3 is 2.42 bits per heavy atom. The summed E-state index contributed by atoms with van der Waals surface area (Å²) in [6, 6.07) is 8.31. The topological polar surface area (TPSA) is 107 Å². The monoisotopic (exact) mass is 722 g/mol. The number of para-hydroxylation sites is 1. The van der Waals surface area contributed by atoms with Crippen LogP contribution in [0, 0.1) is 3.57 Å². The fourth-order valence-electron chi connectivity index (χ4n) is 4.75. The van der Waals surface area contributed by atoms with Gasteiger partial charge >= 0.3 is 5.97 Å². The molecule has 43 heavy (non-hydrogen) atoms. The minimum absolute atomic E-state index is 0.0538. The summed E-state index contributed by atoms with van der Waals surface area (Å²) in [5.74, 6) is 1.59. The summed E-state index contributed by atoms with van der Waals surface area (Å²) in [7, 11) is 3.07. The third-order valence-electron chi connectivity index (χ3n) is 6.49. The van der Waals surface area contributed by atoms with Crippen molar-refractivity contribution < 1.29 is 33.2 Å². The Morgan fingerprint density at radius 1 is 1.02 bits per heavy atom. The summed E-state index contributed by atoms with van der Waals surface area (Å²) in [4.78, 5) is 32.8. The van der Waals surface area contributed by atoms with E-state index < -0.39 is 12.0 Å². The first kappa shape index (κ1) is 32.6. The van der Waals surface area contributed by atoms with Gasteiger partial charge in [-0.2, -0.15) is 0 Å². The van der Waals surface area contributed by atoms with Crippen molar-refractivity contribution in [2.24, 2.45) is 4.99 Å². The molecule has 2 aromatic carbocycles. The van der Waals surface area contributed by atoms with Crippen LogP contribution in [0.5, 0.6) is 23.0 Å². The zero-order valence-electron chi connectivity index (χ0n) is 25.0. The Kier molecular flexibility index (Phi) is 11.3. The first-order valence-corrected chi connectivity index (χ1v) is 15.8. The minimum atomic E-state index is -0.871. The van der Waals surface area contributed by atoms with E-state index in [2.05, 4.69) is 27.6 Å². The predicted octanol–water partition coefficient (Wildman–Crippen LogP) is 4.23. The van der Waals surface area contributed by atoms with Gasteiger partial charge in [-0.15, -0.1) is 0 Å². The molecule has 1 aliphatic rings. The zero-order chi connectivity index (χ0) is 31.1. The van der Waals surface area contributed by atoms with Crippen molar-refractivity contribution in [3.8, 4) is 23.0 Å². The second-order valence-electron chi connectivity index (χ2n) is 9.22. The molecule has 0 radical (unpaired) electrons.